The predicted octanol–water partition coefficient (Wildman–Crippen LogP) is 5.92. The lowest BCUT2D eigenvalue weighted by Gasteiger charge is -2.19. The number of benzene rings is 1. The van der Waals surface area contributed by atoms with Gasteiger partial charge in [0.2, 0.25) is 12.3 Å². The third-order valence-corrected chi connectivity index (χ3v) is 5.60. The van der Waals surface area contributed by atoms with Crippen molar-refractivity contribution < 1.29 is 33.1 Å². The smallest absolute Gasteiger partial charge is 0.374 e. The number of carbonyl (C=O) groups excluding carboxylic acids is 3. The van der Waals surface area contributed by atoms with Crippen molar-refractivity contribution in [1.82, 2.24) is 10.6 Å². The molecule has 0 bridgehead atoms. The summed E-state index contributed by atoms with van der Waals surface area (Å²) in [6.45, 7) is 15.3. The van der Waals surface area contributed by atoms with Gasteiger partial charge in [-0.3, -0.25) is 14.4 Å². The summed E-state index contributed by atoms with van der Waals surface area (Å²) in [4.78, 5) is 45.0. The van der Waals surface area contributed by atoms with E-state index in [1.54, 1.807) is 13.8 Å². The molecule has 4 atom stereocenters. The average Bonchev–Trinajstić information content (AvgIpc) is 2.88. The molecule has 1 amide bonds. The quantitative estimate of drug-likeness (QED) is 0.232. The fourth-order valence-electron chi connectivity index (χ4n) is 3.40. The monoisotopic (exact) mass is 554 g/mol. The van der Waals surface area contributed by atoms with Gasteiger partial charge in [-0.15, -0.1) is 0 Å². The topological polar surface area (TPSA) is 113 Å². The van der Waals surface area contributed by atoms with Gasteiger partial charge in [-0.05, 0) is 44.6 Å². The predicted molar refractivity (Wildman–Crippen MR) is 153 cm³/mol. The highest BCUT2D eigenvalue weighted by Gasteiger charge is 2.30. The number of halogens is 2. The van der Waals surface area contributed by atoms with Gasteiger partial charge in [0.1, 0.15) is 11.8 Å². The molecule has 7 nitrogen and oxygen atoms in total. The molecule has 0 fully saturated rings. The Morgan fingerprint density at radius 2 is 1.51 bits per heavy atom. The van der Waals surface area contributed by atoms with Gasteiger partial charge in [0.05, 0.1) is 6.04 Å². The van der Waals surface area contributed by atoms with Gasteiger partial charge in [0.15, 0.2) is 0 Å². The number of carbonyl (C=O) groups is 4. The Morgan fingerprint density at radius 3 is 1.95 bits per heavy atom. The lowest BCUT2D eigenvalue weighted by Crippen LogP contribution is -2.46. The summed E-state index contributed by atoms with van der Waals surface area (Å²) in [5.74, 6) is -3.89. The molecule has 1 aromatic rings. The highest BCUT2D eigenvalue weighted by molar-refractivity contribution is 6.35. The Morgan fingerprint density at radius 1 is 0.949 bits per heavy atom. The van der Waals surface area contributed by atoms with Crippen LogP contribution in [0.5, 0.6) is 0 Å². The van der Waals surface area contributed by atoms with Crippen LogP contribution >= 0.6 is 0 Å². The van der Waals surface area contributed by atoms with Gasteiger partial charge in [-0.2, -0.15) is 0 Å². The van der Waals surface area contributed by atoms with Crippen LogP contribution in [0.2, 0.25) is 0 Å². The van der Waals surface area contributed by atoms with E-state index >= 15 is 0 Å². The molecule has 1 aromatic carbocycles. The molecular weight excluding hydrogens is 506 g/mol. The standard InChI is InChI=1S/C16H23NO.C12H19F2NO4.C2H6/c1-4-13(2)17-16(14(3)18)12-8-11-15-9-6-5-7-10-15;1-6(2)4-7(3)11(17)15-8(5-9(13)14)10(16)12(18)19;1-2/h5-11,13,16-17H,4,12H2,1-3H3;6-9H,4-5H2,1-3H3,(H,15,17)(H,18,19);1-2H3/b11-8+;;/t13?,16-;7-,8?;/m00./s1. The molecule has 0 spiro atoms. The molecule has 0 aromatic heterocycles. The number of hydrogen-bond donors (Lipinski definition) is 3. The van der Waals surface area contributed by atoms with Gasteiger partial charge in [0.25, 0.3) is 5.78 Å². The molecule has 39 heavy (non-hydrogen) atoms. The number of alkyl halides is 2. The van der Waals surface area contributed by atoms with Gasteiger partial charge < -0.3 is 15.7 Å². The van der Waals surface area contributed by atoms with Crippen LogP contribution in [0.15, 0.2) is 36.4 Å². The van der Waals surface area contributed by atoms with Crippen molar-refractivity contribution in [1.29, 1.82) is 0 Å². The lowest BCUT2D eigenvalue weighted by atomic mass is 9.97. The maximum absolute atomic E-state index is 12.3. The molecule has 222 valence electrons. The first-order valence-corrected chi connectivity index (χ1v) is 13.6. The number of Topliss-reactive ketones (excluding diaryl/α,β-unsaturated/α-hetero) is 2. The van der Waals surface area contributed by atoms with Gasteiger partial charge in [0, 0.05) is 18.4 Å². The van der Waals surface area contributed by atoms with Crippen molar-refractivity contribution in [3.05, 3.63) is 42.0 Å². The van der Waals surface area contributed by atoms with Crippen LogP contribution in [0.25, 0.3) is 6.08 Å². The molecule has 2 unspecified atom stereocenters. The Kier molecular flexibility index (Phi) is 21.5. The second-order valence-corrected chi connectivity index (χ2v) is 9.58. The summed E-state index contributed by atoms with van der Waals surface area (Å²) < 4.78 is 24.5. The number of aliphatic carboxylic acids is 1. The largest absolute Gasteiger partial charge is 0.475 e. The zero-order chi connectivity index (χ0) is 30.5. The van der Waals surface area contributed by atoms with E-state index in [0.717, 1.165) is 12.8 Å². The van der Waals surface area contributed by atoms with E-state index in [1.165, 1.54) is 5.56 Å². The normalized spacial score (nSPS) is 13.8. The number of carboxylic acids is 1. The van der Waals surface area contributed by atoms with Crippen molar-refractivity contribution in [3.8, 4) is 0 Å². The minimum Gasteiger partial charge on any atom is -0.475 e. The molecule has 0 aliphatic carbocycles. The van der Waals surface area contributed by atoms with E-state index in [2.05, 4.69) is 48.8 Å². The number of ketones is 2. The first kappa shape index (κ1) is 38.2. The van der Waals surface area contributed by atoms with Crippen LogP contribution in [0.4, 0.5) is 8.78 Å². The Labute approximate surface area is 232 Å². The maximum Gasteiger partial charge on any atom is 0.374 e. The Bertz CT molecular complexity index is 875. The highest BCUT2D eigenvalue weighted by atomic mass is 19.3. The van der Waals surface area contributed by atoms with Crippen LogP contribution in [0.1, 0.15) is 86.6 Å². The van der Waals surface area contributed by atoms with Crippen LogP contribution in [0.3, 0.4) is 0 Å². The van der Waals surface area contributed by atoms with E-state index < -0.39 is 42.5 Å². The Balaban J connectivity index is 0. The first-order valence-electron chi connectivity index (χ1n) is 13.6. The second-order valence-electron chi connectivity index (χ2n) is 9.58. The zero-order valence-electron chi connectivity index (χ0n) is 24.7. The molecule has 3 N–H and O–H groups in total. The summed E-state index contributed by atoms with van der Waals surface area (Å²) >= 11 is 0. The van der Waals surface area contributed by atoms with Gasteiger partial charge in [-0.1, -0.05) is 84.0 Å². The van der Waals surface area contributed by atoms with Crippen molar-refractivity contribution in [2.24, 2.45) is 11.8 Å². The zero-order valence-corrected chi connectivity index (χ0v) is 24.7. The summed E-state index contributed by atoms with van der Waals surface area (Å²) in [5.41, 5.74) is 1.17. The minimum absolute atomic E-state index is 0.0695. The number of hydrogen-bond acceptors (Lipinski definition) is 5. The molecule has 0 saturated heterocycles. The molecule has 0 aliphatic rings. The van der Waals surface area contributed by atoms with Gasteiger partial charge in [-0.25, -0.2) is 13.6 Å². The molecule has 0 radical (unpaired) electrons. The number of rotatable bonds is 15. The molecule has 0 heterocycles. The molecular formula is C30H48F2N2O5. The van der Waals surface area contributed by atoms with Crippen molar-refractivity contribution in [3.63, 3.8) is 0 Å². The number of carboxylic acid groups (broad SMARTS) is 1. The van der Waals surface area contributed by atoms with E-state index in [-0.39, 0.29) is 17.7 Å². The summed E-state index contributed by atoms with van der Waals surface area (Å²) in [6.07, 6.45) is 2.57. The maximum atomic E-state index is 12.3. The van der Waals surface area contributed by atoms with Gasteiger partial charge >= 0.3 is 5.97 Å². The lowest BCUT2D eigenvalue weighted by molar-refractivity contribution is -0.151. The van der Waals surface area contributed by atoms with Crippen LogP contribution < -0.4 is 10.6 Å². The fourth-order valence-corrected chi connectivity index (χ4v) is 3.40. The van der Waals surface area contributed by atoms with Crippen LogP contribution in [-0.4, -0.2) is 53.1 Å². The van der Waals surface area contributed by atoms with E-state index in [0.29, 0.717) is 12.5 Å². The SMILES string of the molecule is CC.CC(C)C[C@H](C)C(=O)NC(CC(F)F)C(=O)C(=O)O.CCC(C)N[C@@H](C/C=C/c1ccccc1)C(C)=O. The van der Waals surface area contributed by atoms with Crippen LogP contribution in [0, 0.1) is 11.8 Å². The fraction of sp³-hybridized carbons (Fsp3) is 0.600. The number of amides is 1. The third-order valence-electron chi connectivity index (χ3n) is 5.60. The Hall–Kier alpha value is -2.94. The van der Waals surface area contributed by atoms with E-state index in [9.17, 15) is 28.0 Å². The minimum atomic E-state index is -2.87. The summed E-state index contributed by atoms with van der Waals surface area (Å²) in [5, 5.41) is 14.0. The van der Waals surface area contributed by atoms with E-state index in [4.69, 9.17) is 5.11 Å². The van der Waals surface area contributed by atoms with Crippen molar-refractivity contribution in [2.75, 3.05) is 0 Å². The molecule has 0 saturated carbocycles. The third kappa shape index (κ3) is 18.9. The van der Waals surface area contributed by atoms with Crippen LogP contribution in [-0.2, 0) is 19.2 Å². The van der Waals surface area contributed by atoms with E-state index in [1.807, 2.05) is 45.9 Å². The second kappa shape index (κ2) is 21.9. The van der Waals surface area contributed by atoms with Crippen molar-refractivity contribution >= 4 is 29.5 Å². The average molecular weight is 555 g/mol. The summed E-state index contributed by atoms with van der Waals surface area (Å²) in [7, 11) is 0. The molecule has 9 heteroatoms. The summed E-state index contributed by atoms with van der Waals surface area (Å²) in [6, 6.07) is 8.77. The first-order chi connectivity index (χ1) is 18.3. The number of nitrogens with one attached hydrogen (secondary N) is 2. The molecule has 0 aliphatic heterocycles. The molecule has 1 rings (SSSR count). The highest BCUT2D eigenvalue weighted by Crippen LogP contribution is 2.13. The van der Waals surface area contributed by atoms with Crippen molar-refractivity contribution in [2.45, 2.75) is 106 Å².